The van der Waals surface area contributed by atoms with Crippen LogP contribution in [0, 0.1) is 0 Å². The van der Waals surface area contributed by atoms with E-state index in [1.165, 1.54) is 5.56 Å². The molecule has 2 aromatic heterocycles. The van der Waals surface area contributed by atoms with Gasteiger partial charge in [0.25, 0.3) is 0 Å². The standard InChI is InChI=1S/C21H22N2O2S/c1-21(2,3)15-6-9-17(10-7-15)25-20-11-8-16(14-22-20)23-19(24)13-18-5-4-12-26-18/h4-12,14H,13H2,1-3H3,(H,23,24). The fraction of sp³-hybridized carbons (Fsp3) is 0.238. The zero-order valence-corrected chi connectivity index (χ0v) is 16.0. The Balaban J connectivity index is 1.58. The van der Waals surface area contributed by atoms with Crippen molar-refractivity contribution >= 4 is 22.9 Å². The highest BCUT2D eigenvalue weighted by Crippen LogP contribution is 2.26. The second-order valence-electron chi connectivity index (χ2n) is 7.07. The lowest BCUT2D eigenvalue weighted by Gasteiger charge is -2.19. The zero-order valence-electron chi connectivity index (χ0n) is 15.2. The number of carbonyl (C=O) groups excluding carboxylic acids is 1. The van der Waals surface area contributed by atoms with Crippen molar-refractivity contribution in [1.82, 2.24) is 4.98 Å². The second-order valence-corrected chi connectivity index (χ2v) is 8.10. The number of hydrogen-bond acceptors (Lipinski definition) is 4. The number of aromatic nitrogens is 1. The fourth-order valence-electron chi connectivity index (χ4n) is 2.43. The van der Waals surface area contributed by atoms with Crippen molar-refractivity contribution in [3.8, 4) is 11.6 Å². The van der Waals surface area contributed by atoms with Crippen molar-refractivity contribution in [1.29, 1.82) is 0 Å². The van der Waals surface area contributed by atoms with Crippen molar-refractivity contribution in [3.63, 3.8) is 0 Å². The molecule has 4 nitrogen and oxygen atoms in total. The molecule has 3 aromatic rings. The van der Waals surface area contributed by atoms with Gasteiger partial charge in [-0.05, 0) is 40.6 Å². The highest BCUT2D eigenvalue weighted by Gasteiger charge is 2.13. The molecule has 0 aliphatic rings. The van der Waals surface area contributed by atoms with Crippen LogP contribution < -0.4 is 10.1 Å². The number of amides is 1. The van der Waals surface area contributed by atoms with E-state index < -0.39 is 0 Å². The van der Waals surface area contributed by atoms with Gasteiger partial charge in [-0.3, -0.25) is 4.79 Å². The third-order valence-corrected chi connectivity index (χ3v) is 4.75. The Morgan fingerprint density at radius 3 is 2.46 bits per heavy atom. The lowest BCUT2D eigenvalue weighted by molar-refractivity contribution is -0.115. The summed E-state index contributed by atoms with van der Waals surface area (Å²) in [5.41, 5.74) is 2.02. The summed E-state index contributed by atoms with van der Waals surface area (Å²) in [5, 5.41) is 4.81. The van der Waals surface area contributed by atoms with Crippen LogP contribution in [0.4, 0.5) is 5.69 Å². The van der Waals surface area contributed by atoms with Gasteiger partial charge >= 0.3 is 0 Å². The average Bonchev–Trinajstić information content (AvgIpc) is 3.09. The Bertz CT molecular complexity index is 849. The van der Waals surface area contributed by atoms with E-state index in [1.54, 1.807) is 29.7 Å². The van der Waals surface area contributed by atoms with Gasteiger partial charge in [0.1, 0.15) is 5.75 Å². The first-order valence-corrected chi connectivity index (χ1v) is 9.35. The molecule has 5 heteroatoms. The monoisotopic (exact) mass is 366 g/mol. The van der Waals surface area contributed by atoms with Crippen molar-refractivity contribution in [2.75, 3.05) is 5.32 Å². The molecule has 1 N–H and O–H groups in total. The van der Waals surface area contributed by atoms with Gasteiger partial charge in [-0.1, -0.05) is 39.0 Å². The average molecular weight is 366 g/mol. The number of anilines is 1. The van der Waals surface area contributed by atoms with Crippen LogP contribution in [0.25, 0.3) is 0 Å². The number of carbonyl (C=O) groups is 1. The first-order chi connectivity index (χ1) is 12.4. The van der Waals surface area contributed by atoms with Gasteiger partial charge < -0.3 is 10.1 Å². The minimum atomic E-state index is -0.0549. The molecule has 0 radical (unpaired) electrons. The molecular weight excluding hydrogens is 344 g/mol. The van der Waals surface area contributed by atoms with E-state index in [4.69, 9.17) is 4.74 Å². The molecule has 1 aromatic carbocycles. The maximum Gasteiger partial charge on any atom is 0.229 e. The summed E-state index contributed by atoms with van der Waals surface area (Å²) >= 11 is 1.57. The predicted molar refractivity (Wildman–Crippen MR) is 106 cm³/mol. The highest BCUT2D eigenvalue weighted by molar-refractivity contribution is 7.10. The van der Waals surface area contributed by atoms with Crippen LogP contribution >= 0.6 is 11.3 Å². The van der Waals surface area contributed by atoms with E-state index in [-0.39, 0.29) is 11.3 Å². The van der Waals surface area contributed by atoms with Gasteiger partial charge in [0.2, 0.25) is 11.8 Å². The Hall–Kier alpha value is -2.66. The third kappa shape index (κ3) is 4.92. The van der Waals surface area contributed by atoms with E-state index in [9.17, 15) is 4.79 Å². The van der Waals surface area contributed by atoms with E-state index in [0.29, 0.717) is 18.0 Å². The molecule has 0 atom stereocenters. The van der Waals surface area contributed by atoms with Crippen LogP contribution in [0.5, 0.6) is 11.6 Å². The first kappa shape index (κ1) is 18.1. The molecule has 0 fully saturated rings. The van der Waals surface area contributed by atoms with Gasteiger partial charge in [-0.15, -0.1) is 11.3 Å². The summed E-state index contributed by atoms with van der Waals surface area (Å²) in [6.07, 6.45) is 1.97. The van der Waals surface area contributed by atoms with Crippen molar-refractivity contribution < 1.29 is 9.53 Å². The number of nitrogens with one attached hydrogen (secondary N) is 1. The van der Waals surface area contributed by atoms with Gasteiger partial charge in [0, 0.05) is 10.9 Å². The van der Waals surface area contributed by atoms with Crippen LogP contribution in [-0.2, 0) is 16.6 Å². The number of rotatable bonds is 5. The van der Waals surface area contributed by atoms with Crippen LogP contribution in [0.3, 0.4) is 0 Å². The van der Waals surface area contributed by atoms with Gasteiger partial charge in [-0.25, -0.2) is 4.98 Å². The summed E-state index contributed by atoms with van der Waals surface area (Å²) in [5.74, 6) is 1.17. The van der Waals surface area contributed by atoms with E-state index in [2.05, 4.69) is 43.2 Å². The third-order valence-electron chi connectivity index (χ3n) is 3.88. The van der Waals surface area contributed by atoms with Crippen molar-refractivity contribution in [2.24, 2.45) is 0 Å². The Labute approximate surface area is 157 Å². The van der Waals surface area contributed by atoms with Crippen LogP contribution in [0.1, 0.15) is 31.2 Å². The molecule has 0 aliphatic heterocycles. The highest BCUT2D eigenvalue weighted by atomic mass is 32.1. The molecule has 26 heavy (non-hydrogen) atoms. The number of thiophene rings is 1. The summed E-state index contributed by atoms with van der Waals surface area (Å²) in [4.78, 5) is 17.3. The largest absolute Gasteiger partial charge is 0.439 e. The molecule has 3 rings (SSSR count). The molecule has 1 amide bonds. The topological polar surface area (TPSA) is 51.2 Å². The van der Waals surface area contributed by atoms with Crippen LogP contribution in [-0.4, -0.2) is 10.9 Å². The molecule has 0 unspecified atom stereocenters. The second kappa shape index (κ2) is 7.70. The van der Waals surface area contributed by atoms with Crippen LogP contribution in [0.15, 0.2) is 60.1 Å². The molecule has 134 valence electrons. The number of nitrogens with zero attached hydrogens (tertiary/aromatic N) is 1. The van der Waals surface area contributed by atoms with E-state index in [1.807, 2.05) is 29.6 Å². The predicted octanol–water partition coefficient (Wildman–Crippen LogP) is 5.41. The van der Waals surface area contributed by atoms with Gasteiger partial charge in [0.15, 0.2) is 0 Å². The summed E-state index contributed by atoms with van der Waals surface area (Å²) in [7, 11) is 0. The lowest BCUT2D eigenvalue weighted by Crippen LogP contribution is -2.13. The molecule has 0 saturated heterocycles. The maximum absolute atomic E-state index is 12.0. The Morgan fingerprint density at radius 1 is 1.12 bits per heavy atom. The van der Waals surface area contributed by atoms with Crippen molar-refractivity contribution in [3.05, 3.63) is 70.5 Å². The number of benzene rings is 1. The summed E-state index contributed by atoms with van der Waals surface area (Å²) in [6.45, 7) is 6.53. The van der Waals surface area contributed by atoms with Gasteiger partial charge in [-0.2, -0.15) is 0 Å². The van der Waals surface area contributed by atoms with Crippen molar-refractivity contribution in [2.45, 2.75) is 32.6 Å². The molecule has 2 heterocycles. The first-order valence-electron chi connectivity index (χ1n) is 8.47. The van der Waals surface area contributed by atoms with Crippen LogP contribution in [0.2, 0.25) is 0 Å². The number of hydrogen-bond donors (Lipinski definition) is 1. The molecular formula is C21H22N2O2S. The minimum Gasteiger partial charge on any atom is -0.439 e. The SMILES string of the molecule is CC(C)(C)c1ccc(Oc2ccc(NC(=O)Cc3cccs3)cn2)cc1. The normalized spacial score (nSPS) is 11.2. The summed E-state index contributed by atoms with van der Waals surface area (Å²) in [6, 6.07) is 15.4. The maximum atomic E-state index is 12.0. The lowest BCUT2D eigenvalue weighted by atomic mass is 9.87. The number of pyridine rings is 1. The Morgan fingerprint density at radius 2 is 1.88 bits per heavy atom. The minimum absolute atomic E-state index is 0.0549. The van der Waals surface area contributed by atoms with E-state index >= 15 is 0 Å². The zero-order chi connectivity index (χ0) is 18.6. The molecule has 0 saturated carbocycles. The van der Waals surface area contributed by atoms with E-state index in [0.717, 1.165) is 10.6 Å². The quantitative estimate of drug-likeness (QED) is 0.656. The smallest absolute Gasteiger partial charge is 0.229 e. The van der Waals surface area contributed by atoms with Gasteiger partial charge in [0.05, 0.1) is 18.3 Å². The Kier molecular flexibility index (Phi) is 5.38. The molecule has 0 bridgehead atoms. The summed E-state index contributed by atoms with van der Waals surface area (Å²) < 4.78 is 5.77. The fourth-order valence-corrected chi connectivity index (χ4v) is 3.14. The molecule has 0 aliphatic carbocycles. The number of ether oxygens (including phenoxy) is 1. The molecule has 0 spiro atoms.